The predicted octanol–water partition coefficient (Wildman–Crippen LogP) is 4.84. The van der Waals surface area contributed by atoms with Gasteiger partial charge in [0, 0.05) is 5.56 Å². The monoisotopic (exact) mass is 264 g/mol. The first-order chi connectivity index (χ1) is 9.81. The third-order valence-corrected chi connectivity index (χ3v) is 3.38. The van der Waals surface area contributed by atoms with Crippen LogP contribution in [0, 0.1) is 0 Å². The molecule has 102 valence electrons. The molecule has 1 heteroatoms. The summed E-state index contributed by atoms with van der Waals surface area (Å²) in [5, 5.41) is 0. The molecule has 2 aromatic carbocycles. The number of ketones is 1. The Hall–Kier alpha value is -2.15. The average molecular weight is 264 g/mol. The van der Waals surface area contributed by atoms with Gasteiger partial charge in [-0.3, -0.25) is 4.79 Å². The topological polar surface area (TPSA) is 17.1 Å². The zero-order valence-electron chi connectivity index (χ0n) is 11.9. The Bertz CT molecular complexity index is 567. The van der Waals surface area contributed by atoms with Crippen LogP contribution in [0.3, 0.4) is 0 Å². The van der Waals surface area contributed by atoms with Crippen LogP contribution in [-0.2, 0) is 6.42 Å². The number of carbonyl (C=O) groups excluding carboxylic acids is 1. The fraction of sp³-hybridized carbons (Fsp3) is 0.211. The number of hydrogen-bond donors (Lipinski definition) is 0. The van der Waals surface area contributed by atoms with Crippen molar-refractivity contribution >= 4 is 5.78 Å². The molecule has 0 N–H and O–H groups in total. The molecule has 0 unspecified atom stereocenters. The van der Waals surface area contributed by atoms with Crippen LogP contribution in [0.5, 0.6) is 0 Å². The van der Waals surface area contributed by atoms with E-state index in [0.717, 1.165) is 30.4 Å². The highest BCUT2D eigenvalue weighted by molar-refractivity contribution is 6.08. The number of hydrogen-bond acceptors (Lipinski definition) is 1. The highest BCUT2D eigenvalue weighted by atomic mass is 16.1. The summed E-state index contributed by atoms with van der Waals surface area (Å²) >= 11 is 0. The minimum absolute atomic E-state index is 0.154. The van der Waals surface area contributed by atoms with Crippen LogP contribution >= 0.6 is 0 Å². The van der Waals surface area contributed by atoms with Crippen molar-refractivity contribution in [3.05, 3.63) is 83.4 Å². The number of benzene rings is 2. The van der Waals surface area contributed by atoms with Crippen LogP contribution in [0.15, 0.2) is 72.3 Å². The lowest BCUT2D eigenvalue weighted by Gasteiger charge is -2.04. The number of carbonyl (C=O) groups is 1. The van der Waals surface area contributed by atoms with E-state index in [-0.39, 0.29) is 5.78 Å². The van der Waals surface area contributed by atoms with Crippen LogP contribution in [-0.4, -0.2) is 5.78 Å². The van der Waals surface area contributed by atoms with Gasteiger partial charge in [-0.15, -0.1) is 0 Å². The van der Waals surface area contributed by atoms with Gasteiger partial charge in [-0.05, 0) is 30.4 Å². The number of rotatable bonds is 6. The van der Waals surface area contributed by atoms with Crippen molar-refractivity contribution in [2.45, 2.75) is 26.2 Å². The van der Waals surface area contributed by atoms with E-state index in [1.54, 1.807) is 0 Å². The quantitative estimate of drug-likeness (QED) is 0.539. The fourth-order valence-electron chi connectivity index (χ4n) is 2.23. The minimum atomic E-state index is 0.154. The molecule has 0 spiro atoms. The Morgan fingerprint density at radius 3 is 2.15 bits per heavy atom. The van der Waals surface area contributed by atoms with Gasteiger partial charge < -0.3 is 0 Å². The van der Waals surface area contributed by atoms with Crippen molar-refractivity contribution in [1.82, 2.24) is 0 Å². The van der Waals surface area contributed by atoms with Gasteiger partial charge in [0.1, 0.15) is 0 Å². The van der Waals surface area contributed by atoms with E-state index < -0.39 is 0 Å². The largest absolute Gasteiger partial charge is 0.289 e. The molecule has 0 aliphatic heterocycles. The minimum Gasteiger partial charge on any atom is -0.289 e. The maximum absolute atomic E-state index is 12.3. The molecule has 0 heterocycles. The van der Waals surface area contributed by atoms with Gasteiger partial charge in [-0.2, -0.15) is 0 Å². The Morgan fingerprint density at radius 1 is 0.950 bits per heavy atom. The summed E-state index contributed by atoms with van der Waals surface area (Å²) in [6, 6.07) is 19.9. The zero-order valence-corrected chi connectivity index (χ0v) is 11.9. The molecule has 0 aliphatic rings. The van der Waals surface area contributed by atoms with Gasteiger partial charge in [0.25, 0.3) is 0 Å². The summed E-state index contributed by atoms with van der Waals surface area (Å²) < 4.78 is 0. The van der Waals surface area contributed by atoms with Crippen LogP contribution in [0.25, 0.3) is 0 Å². The van der Waals surface area contributed by atoms with Gasteiger partial charge in [0.05, 0.1) is 0 Å². The van der Waals surface area contributed by atoms with Crippen molar-refractivity contribution in [3.8, 4) is 0 Å². The highest BCUT2D eigenvalue weighted by Gasteiger charge is 2.09. The third kappa shape index (κ3) is 3.92. The molecule has 0 saturated heterocycles. The standard InChI is InChI=1S/C19H20O/c1-2-17(19(20)18-13-7-4-8-14-18)15-9-12-16-10-5-3-6-11-16/h3-8,10-11,13-15H,2,9,12H2,1H3/b17-15+. The number of Topliss-reactive ketones (excluding diaryl/α,β-unsaturated/α-hetero) is 1. The molecule has 2 rings (SSSR count). The van der Waals surface area contributed by atoms with Crippen LogP contribution in [0.2, 0.25) is 0 Å². The van der Waals surface area contributed by atoms with Crippen molar-refractivity contribution in [2.24, 2.45) is 0 Å². The number of aryl methyl sites for hydroxylation is 1. The summed E-state index contributed by atoms with van der Waals surface area (Å²) in [7, 11) is 0. The first-order valence-electron chi connectivity index (χ1n) is 7.14. The third-order valence-electron chi connectivity index (χ3n) is 3.38. The van der Waals surface area contributed by atoms with E-state index in [1.807, 2.05) is 43.3 Å². The van der Waals surface area contributed by atoms with Crippen LogP contribution in [0.4, 0.5) is 0 Å². The molecule has 0 aliphatic carbocycles. The lowest BCUT2D eigenvalue weighted by atomic mass is 9.99. The molecule has 0 fully saturated rings. The van der Waals surface area contributed by atoms with E-state index >= 15 is 0 Å². The van der Waals surface area contributed by atoms with E-state index in [9.17, 15) is 4.79 Å². The molecule has 0 amide bonds. The van der Waals surface area contributed by atoms with Crippen molar-refractivity contribution in [2.75, 3.05) is 0 Å². The van der Waals surface area contributed by atoms with Crippen molar-refractivity contribution in [1.29, 1.82) is 0 Å². The van der Waals surface area contributed by atoms with Crippen LogP contribution < -0.4 is 0 Å². The van der Waals surface area contributed by atoms with E-state index in [4.69, 9.17) is 0 Å². The van der Waals surface area contributed by atoms with E-state index in [0.29, 0.717) is 0 Å². The molecular weight excluding hydrogens is 244 g/mol. The molecular formula is C19H20O. The van der Waals surface area contributed by atoms with Gasteiger partial charge in [-0.1, -0.05) is 73.7 Å². The molecule has 0 radical (unpaired) electrons. The normalized spacial score (nSPS) is 11.3. The average Bonchev–Trinajstić information content (AvgIpc) is 2.53. The second kappa shape index (κ2) is 7.44. The summed E-state index contributed by atoms with van der Waals surface area (Å²) in [5.74, 6) is 0.154. The van der Waals surface area contributed by atoms with Crippen molar-refractivity contribution in [3.63, 3.8) is 0 Å². The molecule has 0 atom stereocenters. The Balaban J connectivity index is 2.01. The van der Waals surface area contributed by atoms with Gasteiger partial charge >= 0.3 is 0 Å². The number of allylic oxidation sites excluding steroid dienone is 2. The maximum Gasteiger partial charge on any atom is 0.188 e. The second-order valence-corrected chi connectivity index (χ2v) is 4.80. The summed E-state index contributed by atoms with van der Waals surface area (Å²) in [6.07, 6.45) is 4.75. The SMILES string of the molecule is CC/C(=C\CCc1ccccc1)C(=O)c1ccccc1. The summed E-state index contributed by atoms with van der Waals surface area (Å²) in [5.41, 5.74) is 3.00. The zero-order chi connectivity index (χ0) is 14.2. The van der Waals surface area contributed by atoms with Gasteiger partial charge in [0.15, 0.2) is 5.78 Å². The predicted molar refractivity (Wildman–Crippen MR) is 83.9 cm³/mol. The Kier molecular flexibility index (Phi) is 5.31. The molecule has 0 saturated carbocycles. The molecule has 0 bridgehead atoms. The van der Waals surface area contributed by atoms with E-state index in [2.05, 4.69) is 30.3 Å². The lowest BCUT2D eigenvalue weighted by Crippen LogP contribution is -2.02. The molecule has 2 aromatic rings. The lowest BCUT2D eigenvalue weighted by molar-refractivity contribution is 0.103. The first-order valence-corrected chi connectivity index (χ1v) is 7.14. The van der Waals surface area contributed by atoms with Crippen molar-refractivity contribution < 1.29 is 4.79 Å². The summed E-state index contributed by atoms with van der Waals surface area (Å²) in [4.78, 5) is 12.3. The summed E-state index contributed by atoms with van der Waals surface area (Å²) in [6.45, 7) is 2.04. The van der Waals surface area contributed by atoms with Gasteiger partial charge in [0.2, 0.25) is 0 Å². The smallest absolute Gasteiger partial charge is 0.188 e. The fourth-order valence-corrected chi connectivity index (χ4v) is 2.23. The van der Waals surface area contributed by atoms with Gasteiger partial charge in [-0.25, -0.2) is 0 Å². The Labute approximate surface area is 121 Å². The van der Waals surface area contributed by atoms with E-state index in [1.165, 1.54) is 5.56 Å². The highest BCUT2D eigenvalue weighted by Crippen LogP contribution is 2.13. The van der Waals surface area contributed by atoms with Crippen LogP contribution in [0.1, 0.15) is 35.7 Å². The Morgan fingerprint density at radius 2 is 1.55 bits per heavy atom. The molecule has 20 heavy (non-hydrogen) atoms. The molecule has 0 aromatic heterocycles. The maximum atomic E-state index is 12.3. The molecule has 1 nitrogen and oxygen atoms in total. The second-order valence-electron chi connectivity index (χ2n) is 4.80. The first kappa shape index (κ1) is 14.3.